The van der Waals surface area contributed by atoms with Crippen LogP contribution in [0.25, 0.3) is 0 Å². The molecule has 1 aliphatic heterocycles. The summed E-state index contributed by atoms with van der Waals surface area (Å²) in [5.74, 6) is -0.148. The smallest absolute Gasteiger partial charge is 0.255 e. The molecule has 2 rings (SSSR count). The molecule has 1 heterocycles. The Bertz CT molecular complexity index is 499. The Hall–Kier alpha value is -1.59. The minimum atomic E-state index is -0.109. The van der Waals surface area contributed by atoms with Gasteiger partial charge in [-0.3, -0.25) is 9.59 Å². The second-order valence-corrected chi connectivity index (χ2v) is 5.28. The number of hydrogen-bond acceptors (Lipinski definition) is 3. The van der Waals surface area contributed by atoms with Crippen LogP contribution in [0.4, 0.5) is 5.69 Å². The van der Waals surface area contributed by atoms with E-state index in [1.165, 1.54) is 4.90 Å². The van der Waals surface area contributed by atoms with Gasteiger partial charge in [0.05, 0.1) is 17.2 Å². The van der Waals surface area contributed by atoms with E-state index in [2.05, 4.69) is 10.6 Å². The molecule has 6 heteroatoms. The number of rotatable bonds is 3. The van der Waals surface area contributed by atoms with E-state index in [1.54, 1.807) is 32.3 Å². The summed E-state index contributed by atoms with van der Waals surface area (Å²) in [4.78, 5) is 25.8. The molecule has 1 aromatic carbocycles. The molecule has 21 heavy (non-hydrogen) atoms. The van der Waals surface area contributed by atoms with Gasteiger partial charge in [0.1, 0.15) is 0 Å². The third kappa shape index (κ3) is 4.44. The van der Waals surface area contributed by atoms with Crippen LogP contribution in [-0.4, -0.2) is 43.9 Å². The fourth-order valence-electron chi connectivity index (χ4n) is 2.33. The zero-order chi connectivity index (χ0) is 14.5. The van der Waals surface area contributed by atoms with E-state index in [0.717, 1.165) is 19.4 Å². The molecule has 1 saturated heterocycles. The second-order valence-electron chi connectivity index (χ2n) is 5.28. The number of anilines is 1. The molecule has 0 saturated carbocycles. The van der Waals surface area contributed by atoms with Crippen molar-refractivity contribution < 1.29 is 9.59 Å². The van der Waals surface area contributed by atoms with Crippen molar-refractivity contribution in [2.45, 2.75) is 12.8 Å². The van der Waals surface area contributed by atoms with E-state index in [4.69, 9.17) is 0 Å². The van der Waals surface area contributed by atoms with Gasteiger partial charge >= 0.3 is 0 Å². The van der Waals surface area contributed by atoms with Gasteiger partial charge in [-0.1, -0.05) is 12.1 Å². The van der Waals surface area contributed by atoms with Crippen molar-refractivity contribution in [1.82, 2.24) is 10.2 Å². The van der Waals surface area contributed by atoms with Gasteiger partial charge in [-0.05, 0) is 31.5 Å². The van der Waals surface area contributed by atoms with Crippen LogP contribution in [0.5, 0.6) is 0 Å². The van der Waals surface area contributed by atoms with Gasteiger partial charge in [-0.2, -0.15) is 0 Å². The highest BCUT2D eigenvalue weighted by atomic mass is 35.5. The fraction of sp³-hybridized carbons (Fsp3) is 0.467. The fourth-order valence-corrected chi connectivity index (χ4v) is 2.33. The van der Waals surface area contributed by atoms with Gasteiger partial charge in [0, 0.05) is 20.6 Å². The molecule has 0 aromatic heterocycles. The molecule has 1 fully saturated rings. The van der Waals surface area contributed by atoms with Crippen molar-refractivity contribution >= 4 is 29.9 Å². The van der Waals surface area contributed by atoms with E-state index in [1.807, 2.05) is 6.07 Å². The van der Waals surface area contributed by atoms with Gasteiger partial charge in [-0.25, -0.2) is 0 Å². The van der Waals surface area contributed by atoms with Crippen LogP contribution in [0.1, 0.15) is 23.2 Å². The van der Waals surface area contributed by atoms with Crippen molar-refractivity contribution in [2.24, 2.45) is 5.92 Å². The van der Waals surface area contributed by atoms with Crippen LogP contribution >= 0.6 is 12.4 Å². The normalized spacial score (nSPS) is 17.5. The Morgan fingerprint density at radius 3 is 2.62 bits per heavy atom. The van der Waals surface area contributed by atoms with Crippen molar-refractivity contribution in [1.29, 1.82) is 0 Å². The van der Waals surface area contributed by atoms with Crippen LogP contribution in [0.3, 0.4) is 0 Å². The Kier molecular flexibility index (Phi) is 6.65. The number of carbonyl (C=O) groups is 2. The van der Waals surface area contributed by atoms with Crippen molar-refractivity contribution in [2.75, 3.05) is 32.5 Å². The van der Waals surface area contributed by atoms with Crippen LogP contribution in [0, 0.1) is 5.92 Å². The summed E-state index contributed by atoms with van der Waals surface area (Å²) in [6.07, 6.45) is 1.90. The van der Waals surface area contributed by atoms with E-state index < -0.39 is 0 Å². The van der Waals surface area contributed by atoms with Crippen LogP contribution in [-0.2, 0) is 4.79 Å². The molecule has 0 radical (unpaired) electrons. The maximum absolute atomic E-state index is 12.2. The summed E-state index contributed by atoms with van der Waals surface area (Å²) in [6.45, 7) is 1.68. The van der Waals surface area contributed by atoms with Gasteiger partial charge in [0.2, 0.25) is 5.91 Å². The lowest BCUT2D eigenvalue weighted by molar-refractivity contribution is -0.120. The van der Waals surface area contributed by atoms with Crippen molar-refractivity contribution in [3.63, 3.8) is 0 Å². The number of nitrogens with zero attached hydrogens (tertiary/aromatic N) is 1. The summed E-state index contributed by atoms with van der Waals surface area (Å²) in [5, 5.41) is 6.11. The molecule has 1 aliphatic rings. The number of para-hydroxylation sites is 1. The molecule has 1 atom stereocenters. The quantitative estimate of drug-likeness (QED) is 0.894. The number of benzene rings is 1. The Labute approximate surface area is 131 Å². The summed E-state index contributed by atoms with van der Waals surface area (Å²) in [5.41, 5.74) is 1.11. The van der Waals surface area contributed by atoms with Crippen molar-refractivity contribution in [3.8, 4) is 0 Å². The number of nitrogens with one attached hydrogen (secondary N) is 2. The maximum Gasteiger partial charge on any atom is 0.255 e. The molecular formula is C15H22ClN3O2. The number of carbonyl (C=O) groups excluding carboxylic acids is 2. The molecule has 0 spiro atoms. The summed E-state index contributed by atoms with van der Waals surface area (Å²) < 4.78 is 0. The minimum absolute atomic E-state index is 0. The largest absolute Gasteiger partial charge is 0.345 e. The number of halogens is 1. The van der Waals surface area contributed by atoms with Crippen molar-refractivity contribution in [3.05, 3.63) is 29.8 Å². The summed E-state index contributed by atoms with van der Waals surface area (Å²) in [7, 11) is 3.40. The van der Waals surface area contributed by atoms with Crippen LogP contribution in [0.2, 0.25) is 0 Å². The predicted octanol–water partition coefficient (Wildman–Crippen LogP) is 1.75. The minimum Gasteiger partial charge on any atom is -0.345 e. The van der Waals surface area contributed by atoms with Gasteiger partial charge in [-0.15, -0.1) is 12.4 Å². The average molecular weight is 312 g/mol. The molecule has 2 amide bonds. The van der Waals surface area contributed by atoms with Crippen LogP contribution < -0.4 is 10.6 Å². The Morgan fingerprint density at radius 1 is 1.29 bits per heavy atom. The number of hydrogen-bond donors (Lipinski definition) is 2. The zero-order valence-corrected chi connectivity index (χ0v) is 13.2. The first-order valence-corrected chi connectivity index (χ1v) is 6.92. The number of amides is 2. The first-order valence-electron chi connectivity index (χ1n) is 6.92. The Morgan fingerprint density at radius 2 is 2.00 bits per heavy atom. The molecule has 0 unspecified atom stereocenters. The van der Waals surface area contributed by atoms with Crippen LogP contribution in [0.15, 0.2) is 24.3 Å². The standard InChI is InChI=1S/C15H21N3O2.ClH/c1-18(2)15(20)12-7-3-4-8-13(12)17-14(19)11-6-5-9-16-10-11;/h3-4,7-8,11,16H,5-6,9-10H2,1-2H3,(H,17,19);1H/t11-;/m1./s1. The van der Waals surface area contributed by atoms with Gasteiger partial charge in [0.15, 0.2) is 0 Å². The first-order chi connectivity index (χ1) is 9.59. The lowest BCUT2D eigenvalue weighted by Gasteiger charge is -2.22. The zero-order valence-electron chi connectivity index (χ0n) is 12.4. The highest BCUT2D eigenvalue weighted by Crippen LogP contribution is 2.19. The van der Waals surface area contributed by atoms with Gasteiger partial charge in [0.25, 0.3) is 5.91 Å². The molecule has 2 N–H and O–H groups in total. The first kappa shape index (κ1) is 17.5. The average Bonchev–Trinajstić information content (AvgIpc) is 2.48. The highest BCUT2D eigenvalue weighted by Gasteiger charge is 2.22. The summed E-state index contributed by atoms with van der Waals surface area (Å²) in [6, 6.07) is 7.12. The SMILES string of the molecule is CN(C)C(=O)c1ccccc1NC(=O)[C@@H]1CCCNC1.Cl. The molecule has 0 aliphatic carbocycles. The molecule has 1 aromatic rings. The maximum atomic E-state index is 12.2. The third-order valence-electron chi connectivity index (χ3n) is 3.49. The Balaban J connectivity index is 0.00000220. The summed E-state index contributed by atoms with van der Waals surface area (Å²) >= 11 is 0. The van der Waals surface area contributed by atoms with E-state index >= 15 is 0 Å². The predicted molar refractivity (Wildman–Crippen MR) is 85.9 cm³/mol. The molecular weight excluding hydrogens is 290 g/mol. The number of piperidine rings is 1. The highest BCUT2D eigenvalue weighted by molar-refractivity contribution is 6.04. The van der Waals surface area contributed by atoms with E-state index in [9.17, 15) is 9.59 Å². The monoisotopic (exact) mass is 311 g/mol. The van der Waals surface area contributed by atoms with E-state index in [0.29, 0.717) is 17.8 Å². The topological polar surface area (TPSA) is 61.4 Å². The van der Waals surface area contributed by atoms with Gasteiger partial charge < -0.3 is 15.5 Å². The second kappa shape index (κ2) is 8.00. The lowest BCUT2D eigenvalue weighted by atomic mass is 9.98. The van der Waals surface area contributed by atoms with E-state index in [-0.39, 0.29) is 30.1 Å². The molecule has 5 nitrogen and oxygen atoms in total. The molecule has 116 valence electrons. The lowest BCUT2D eigenvalue weighted by Crippen LogP contribution is -2.37. The third-order valence-corrected chi connectivity index (χ3v) is 3.49. The molecule has 0 bridgehead atoms.